The largest absolute Gasteiger partial charge is 0.316 e. The summed E-state index contributed by atoms with van der Waals surface area (Å²) in [7, 11) is 2.07. The monoisotopic (exact) mass is 332 g/mol. The van der Waals surface area contributed by atoms with Crippen LogP contribution in [0.3, 0.4) is 0 Å². The molecule has 2 nitrogen and oxygen atoms in total. The fourth-order valence-corrected chi connectivity index (χ4v) is 3.22. The minimum absolute atomic E-state index is 0. The molecule has 1 saturated heterocycles. The first-order valence-electron chi connectivity index (χ1n) is 6.38. The Morgan fingerprint density at radius 2 is 2.11 bits per heavy atom. The maximum atomic E-state index is 3.65. The van der Waals surface area contributed by atoms with Crippen LogP contribution in [0.5, 0.6) is 0 Å². The number of nitrogens with one attached hydrogen (secondary N) is 1. The van der Waals surface area contributed by atoms with Gasteiger partial charge in [-0.2, -0.15) is 0 Å². The Balaban J connectivity index is 0.00000162. The summed E-state index contributed by atoms with van der Waals surface area (Å²) < 4.78 is 1.22. The molecular weight excluding hydrogens is 312 g/mol. The van der Waals surface area contributed by atoms with Crippen molar-refractivity contribution >= 4 is 28.3 Å². The molecule has 0 spiro atoms. The summed E-state index contributed by atoms with van der Waals surface area (Å²) in [5.74, 6) is 0. The first kappa shape index (κ1) is 16.0. The zero-order valence-corrected chi connectivity index (χ0v) is 13.4. The lowest BCUT2D eigenvalue weighted by Crippen LogP contribution is -2.45. The third-order valence-electron chi connectivity index (χ3n) is 3.76. The van der Waals surface area contributed by atoms with Crippen LogP contribution in [0, 0.1) is 0 Å². The topological polar surface area (TPSA) is 15.3 Å². The average molecular weight is 334 g/mol. The molecule has 2 rings (SSSR count). The fraction of sp³-hybridized carbons (Fsp3) is 0.571. The van der Waals surface area contributed by atoms with E-state index in [2.05, 4.69) is 64.4 Å². The molecule has 0 aliphatic carbocycles. The van der Waals surface area contributed by atoms with Gasteiger partial charge in [0.1, 0.15) is 0 Å². The first-order chi connectivity index (χ1) is 8.22. The normalized spacial score (nSPS) is 22.3. The van der Waals surface area contributed by atoms with Crippen molar-refractivity contribution in [2.75, 3.05) is 20.1 Å². The van der Waals surface area contributed by atoms with Crippen molar-refractivity contribution in [3.8, 4) is 0 Å². The van der Waals surface area contributed by atoms with Crippen LogP contribution >= 0.6 is 28.3 Å². The number of hydrogen-bond donors (Lipinski definition) is 1. The molecule has 0 radical (unpaired) electrons. The van der Waals surface area contributed by atoms with Gasteiger partial charge < -0.3 is 5.32 Å². The minimum Gasteiger partial charge on any atom is -0.316 e. The molecule has 2 unspecified atom stereocenters. The highest BCUT2D eigenvalue weighted by Crippen LogP contribution is 2.29. The molecule has 1 aliphatic rings. The van der Waals surface area contributed by atoms with E-state index in [9.17, 15) is 0 Å². The summed E-state index contributed by atoms with van der Waals surface area (Å²) in [6, 6.07) is 9.68. The molecule has 1 aromatic carbocycles. The second kappa shape index (κ2) is 7.49. The summed E-state index contributed by atoms with van der Waals surface area (Å²) in [6.45, 7) is 4.66. The van der Waals surface area contributed by atoms with Gasteiger partial charge >= 0.3 is 0 Å². The van der Waals surface area contributed by atoms with Crippen molar-refractivity contribution in [1.29, 1.82) is 0 Å². The highest BCUT2D eigenvalue weighted by molar-refractivity contribution is 9.10. The Kier molecular flexibility index (Phi) is 6.64. The second-order valence-corrected chi connectivity index (χ2v) is 5.67. The number of piperidine rings is 1. The van der Waals surface area contributed by atoms with Gasteiger partial charge in [-0.3, -0.25) is 4.90 Å². The second-order valence-electron chi connectivity index (χ2n) is 4.82. The standard InChI is InChI=1S/C14H21BrN2.ClH/c1-11(13-7-3-4-8-14(13)15)17-9-5-6-12(10-17)16-2;/h3-4,7-8,11-12,16H,5-6,9-10H2,1-2H3;1H. The van der Waals surface area contributed by atoms with Gasteiger partial charge in [0.2, 0.25) is 0 Å². The quantitative estimate of drug-likeness (QED) is 0.909. The molecule has 102 valence electrons. The van der Waals surface area contributed by atoms with E-state index in [4.69, 9.17) is 0 Å². The van der Waals surface area contributed by atoms with E-state index in [0.29, 0.717) is 12.1 Å². The summed E-state index contributed by atoms with van der Waals surface area (Å²) >= 11 is 3.65. The molecule has 1 aromatic rings. The van der Waals surface area contributed by atoms with Crippen molar-refractivity contribution in [2.24, 2.45) is 0 Å². The van der Waals surface area contributed by atoms with E-state index in [0.717, 1.165) is 6.54 Å². The molecule has 1 N–H and O–H groups in total. The zero-order chi connectivity index (χ0) is 12.3. The molecule has 1 aliphatic heterocycles. The van der Waals surface area contributed by atoms with E-state index in [1.165, 1.54) is 29.4 Å². The van der Waals surface area contributed by atoms with Gasteiger partial charge in [-0.05, 0) is 45.0 Å². The molecule has 0 amide bonds. The van der Waals surface area contributed by atoms with Crippen LogP contribution in [0.4, 0.5) is 0 Å². The molecule has 0 bridgehead atoms. The third-order valence-corrected chi connectivity index (χ3v) is 4.49. The minimum atomic E-state index is 0. The number of nitrogens with zero attached hydrogens (tertiary/aromatic N) is 1. The average Bonchev–Trinajstić information content (AvgIpc) is 2.38. The van der Waals surface area contributed by atoms with Crippen LogP contribution in [0.25, 0.3) is 0 Å². The summed E-state index contributed by atoms with van der Waals surface area (Å²) in [5.41, 5.74) is 1.39. The van der Waals surface area contributed by atoms with Crippen LogP contribution in [0.1, 0.15) is 31.4 Å². The summed E-state index contributed by atoms with van der Waals surface area (Å²) in [6.07, 6.45) is 2.59. The smallest absolute Gasteiger partial charge is 0.0331 e. The molecule has 2 atom stereocenters. The Bertz CT molecular complexity index is 373. The fourth-order valence-electron chi connectivity index (χ4n) is 2.60. The van der Waals surface area contributed by atoms with Gasteiger partial charge in [0.15, 0.2) is 0 Å². The number of likely N-dealkylation sites (N-methyl/N-ethyl adjacent to an activating group) is 1. The lowest BCUT2D eigenvalue weighted by molar-refractivity contribution is 0.149. The van der Waals surface area contributed by atoms with Crippen molar-refractivity contribution < 1.29 is 0 Å². The van der Waals surface area contributed by atoms with Gasteiger partial charge in [0, 0.05) is 23.1 Å². The van der Waals surface area contributed by atoms with Crippen molar-refractivity contribution in [1.82, 2.24) is 10.2 Å². The van der Waals surface area contributed by atoms with E-state index < -0.39 is 0 Å². The Labute approximate surface area is 125 Å². The van der Waals surface area contributed by atoms with Crippen LogP contribution in [0.15, 0.2) is 28.7 Å². The Morgan fingerprint density at radius 3 is 2.78 bits per heavy atom. The molecule has 0 aromatic heterocycles. The van der Waals surface area contributed by atoms with Gasteiger partial charge in [-0.25, -0.2) is 0 Å². The predicted molar refractivity (Wildman–Crippen MR) is 83.5 cm³/mol. The molecule has 1 heterocycles. The molecule has 1 fully saturated rings. The highest BCUT2D eigenvalue weighted by Gasteiger charge is 2.24. The third kappa shape index (κ3) is 3.70. The first-order valence-corrected chi connectivity index (χ1v) is 7.17. The highest BCUT2D eigenvalue weighted by atomic mass is 79.9. The molecular formula is C14H22BrClN2. The summed E-state index contributed by atoms with van der Waals surface area (Å²) in [4.78, 5) is 2.57. The lowest BCUT2D eigenvalue weighted by Gasteiger charge is -2.37. The molecule has 0 saturated carbocycles. The van der Waals surface area contributed by atoms with Gasteiger partial charge in [0.25, 0.3) is 0 Å². The van der Waals surface area contributed by atoms with Crippen molar-refractivity contribution in [3.63, 3.8) is 0 Å². The molecule has 18 heavy (non-hydrogen) atoms. The predicted octanol–water partition coefficient (Wildman–Crippen LogP) is 3.62. The van der Waals surface area contributed by atoms with E-state index in [-0.39, 0.29) is 12.4 Å². The van der Waals surface area contributed by atoms with Crippen LogP contribution in [-0.4, -0.2) is 31.1 Å². The maximum absolute atomic E-state index is 3.65. The van der Waals surface area contributed by atoms with Crippen molar-refractivity contribution in [3.05, 3.63) is 34.3 Å². The summed E-state index contributed by atoms with van der Waals surface area (Å²) in [5, 5.41) is 3.40. The number of benzene rings is 1. The Morgan fingerprint density at radius 1 is 1.39 bits per heavy atom. The van der Waals surface area contributed by atoms with Crippen molar-refractivity contribution in [2.45, 2.75) is 31.8 Å². The Hall–Kier alpha value is -0.0900. The zero-order valence-electron chi connectivity index (χ0n) is 11.0. The van der Waals surface area contributed by atoms with Crippen LogP contribution in [0.2, 0.25) is 0 Å². The van der Waals surface area contributed by atoms with Gasteiger partial charge in [-0.1, -0.05) is 34.1 Å². The van der Waals surface area contributed by atoms with Crippen LogP contribution < -0.4 is 5.32 Å². The van der Waals surface area contributed by atoms with E-state index >= 15 is 0 Å². The lowest BCUT2D eigenvalue weighted by atomic mass is 10.0. The number of hydrogen-bond acceptors (Lipinski definition) is 2. The van der Waals surface area contributed by atoms with Crippen LogP contribution in [-0.2, 0) is 0 Å². The van der Waals surface area contributed by atoms with E-state index in [1.54, 1.807) is 0 Å². The number of likely N-dealkylation sites (tertiary alicyclic amines) is 1. The van der Waals surface area contributed by atoms with Gasteiger partial charge in [0.05, 0.1) is 0 Å². The SMILES string of the molecule is CNC1CCCN(C(C)c2ccccc2Br)C1.Cl. The number of halogens is 2. The maximum Gasteiger partial charge on any atom is 0.0331 e. The van der Waals surface area contributed by atoms with E-state index in [1.807, 2.05) is 0 Å². The van der Waals surface area contributed by atoms with Gasteiger partial charge in [-0.15, -0.1) is 12.4 Å². The number of rotatable bonds is 3. The molecule has 4 heteroatoms.